The second-order valence-corrected chi connectivity index (χ2v) is 6.69. The predicted molar refractivity (Wildman–Crippen MR) is 82.7 cm³/mol. The zero-order valence-corrected chi connectivity index (χ0v) is 14.2. The summed E-state index contributed by atoms with van der Waals surface area (Å²) in [5.74, 6) is -0.359. The lowest BCUT2D eigenvalue weighted by molar-refractivity contribution is -0.00534. The molecule has 0 aliphatic carbocycles. The van der Waals surface area contributed by atoms with E-state index >= 15 is 0 Å². The summed E-state index contributed by atoms with van der Waals surface area (Å²) in [4.78, 5) is 11.4. The number of rotatable bonds is 5. The molecule has 1 aromatic rings. The first-order valence-corrected chi connectivity index (χ1v) is 7.22. The van der Waals surface area contributed by atoms with Gasteiger partial charge in [-0.15, -0.1) is 0 Å². The summed E-state index contributed by atoms with van der Waals surface area (Å²) < 4.78 is 5.51. The van der Waals surface area contributed by atoms with Crippen molar-refractivity contribution in [2.24, 2.45) is 0 Å². The molecule has 0 saturated heterocycles. The van der Waals surface area contributed by atoms with Gasteiger partial charge in [0.2, 0.25) is 0 Å². The van der Waals surface area contributed by atoms with E-state index in [1.165, 1.54) is 7.11 Å². The second-order valence-electron chi connectivity index (χ2n) is 5.84. The minimum absolute atomic E-state index is 0.359. The molecule has 1 aromatic carbocycles. The molecule has 0 amide bonds. The van der Waals surface area contributed by atoms with E-state index in [1.54, 1.807) is 26.0 Å². The van der Waals surface area contributed by atoms with E-state index in [-0.39, 0.29) is 5.97 Å². The van der Waals surface area contributed by atoms with Gasteiger partial charge in [0.05, 0.1) is 18.3 Å². The third-order valence-electron chi connectivity index (χ3n) is 3.72. The van der Waals surface area contributed by atoms with Crippen LogP contribution in [0.15, 0.2) is 22.7 Å². The zero-order valence-electron chi connectivity index (χ0n) is 12.6. The van der Waals surface area contributed by atoms with E-state index in [4.69, 9.17) is 0 Å². The van der Waals surface area contributed by atoms with Crippen LogP contribution in [0.25, 0.3) is 0 Å². The number of aliphatic hydroxyl groups is 1. The lowest BCUT2D eigenvalue weighted by Gasteiger charge is -2.38. The highest BCUT2D eigenvalue weighted by molar-refractivity contribution is 9.10. The summed E-state index contributed by atoms with van der Waals surface area (Å²) in [7, 11) is 1.36. The Bertz CT molecular complexity index is 492. The Morgan fingerprint density at radius 3 is 2.40 bits per heavy atom. The van der Waals surface area contributed by atoms with E-state index in [1.807, 2.05) is 19.9 Å². The fourth-order valence-corrected chi connectivity index (χ4v) is 1.99. The summed E-state index contributed by atoms with van der Waals surface area (Å²) >= 11 is 3.45. The van der Waals surface area contributed by atoms with Crippen LogP contribution in [-0.4, -0.2) is 29.3 Å². The number of methoxy groups -OCH3 is 1. The van der Waals surface area contributed by atoms with Crippen LogP contribution in [0.4, 0.5) is 0 Å². The van der Waals surface area contributed by atoms with Crippen molar-refractivity contribution in [2.45, 2.75) is 45.4 Å². The first kappa shape index (κ1) is 17.1. The molecule has 4 nitrogen and oxygen atoms in total. The van der Waals surface area contributed by atoms with Crippen LogP contribution in [0.2, 0.25) is 0 Å². The number of benzene rings is 1. The molecule has 0 saturated carbocycles. The Kier molecular flexibility index (Phi) is 5.35. The van der Waals surface area contributed by atoms with Crippen molar-refractivity contribution in [3.63, 3.8) is 0 Å². The zero-order chi connectivity index (χ0) is 15.6. The fourth-order valence-electron chi connectivity index (χ4n) is 1.47. The van der Waals surface area contributed by atoms with Gasteiger partial charge in [0.15, 0.2) is 0 Å². The standard InChI is InChI=1S/C15H22BrNO3/c1-14(2,15(3,4)19)17-9-11-7-6-10(8-12(11)16)13(18)20-5/h6-8,17,19H,9H2,1-5H3. The van der Waals surface area contributed by atoms with Crippen LogP contribution < -0.4 is 5.32 Å². The largest absolute Gasteiger partial charge is 0.465 e. The van der Waals surface area contributed by atoms with Gasteiger partial charge in [-0.2, -0.15) is 0 Å². The van der Waals surface area contributed by atoms with Crippen LogP contribution in [0.3, 0.4) is 0 Å². The quantitative estimate of drug-likeness (QED) is 0.807. The van der Waals surface area contributed by atoms with Gasteiger partial charge in [-0.3, -0.25) is 0 Å². The molecule has 112 valence electrons. The van der Waals surface area contributed by atoms with Gasteiger partial charge in [-0.1, -0.05) is 22.0 Å². The normalized spacial score (nSPS) is 12.3. The maximum atomic E-state index is 11.4. The molecule has 1 rings (SSSR count). The maximum Gasteiger partial charge on any atom is 0.337 e. The van der Waals surface area contributed by atoms with E-state index < -0.39 is 11.1 Å². The molecule has 20 heavy (non-hydrogen) atoms. The van der Waals surface area contributed by atoms with E-state index in [2.05, 4.69) is 26.0 Å². The topological polar surface area (TPSA) is 58.6 Å². The molecule has 0 atom stereocenters. The van der Waals surface area contributed by atoms with E-state index in [0.29, 0.717) is 12.1 Å². The summed E-state index contributed by atoms with van der Waals surface area (Å²) in [5.41, 5.74) is 0.235. The van der Waals surface area contributed by atoms with Crippen molar-refractivity contribution in [1.82, 2.24) is 5.32 Å². The number of carbonyl (C=O) groups is 1. The van der Waals surface area contributed by atoms with Crippen molar-refractivity contribution < 1.29 is 14.6 Å². The molecule has 0 aromatic heterocycles. The number of hydrogen-bond donors (Lipinski definition) is 2. The molecule has 0 radical (unpaired) electrons. The lowest BCUT2D eigenvalue weighted by atomic mass is 9.86. The summed E-state index contributed by atoms with van der Waals surface area (Å²) in [5, 5.41) is 13.4. The maximum absolute atomic E-state index is 11.4. The van der Waals surface area contributed by atoms with Gasteiger partial charge in [0.25, 0.3) is 0 Å². The average Bonchev–Trinajstić information content (AvgIpc) is 2.35. The van der Waals surface area contributed by atoms with Gasteiger partial charge in [-0.25, -0.2) is 4.79 Å². The molecule has 0 unspecified atom stereocenters. The Morgan fingerprint density at radius 2 is 1.95 bits per heavy atom. The summed E-state index contributed by atoms with van der Waals surface area (Å²) in [6.45, 7) is 8.03. The number of ether oxygens (including phenoxy) is 1. The van der Waals surface area contributed by atoms with Crippen LogP contribution in [-0.2, 0) is 11.3 Å². The number of carbonyl (C=O) groups excluding carboxylic acids is 1. The van der Waals surface area contributed by atoms with Crippen LogP contribution in [0, 0.1) is 0 Å². The third kappa shape index (κ3) is 4.04. The second kappa shape index (κ2) is 6.24. The summed E-state index contributed by atoms with van der Waals surface area (Å²) in [6, 6.07) is 5.33. The monoisotopic (exact) mass is 343 g/mol. The first-order valence-electron chi connectivity index (χ1n) is 6.42. The van der Waals surface area contributed by atoms with Gasteiger partial charge >= 0.3 is 5.97 Å². The fraction of sp³-hybridized carbons (Fsp3) is 0.533. The van der Waals surface area contributed by atoms with E-state index in [0.717, 1.165) is 10.0 Å². The molecule has 0 bridgehead atoms. The highest BCUT2D eigenvalue weighted by atomic mass is 79.9. The molecule has 5 heteroatoms. The van der Waals surface area contributed by atoms with Crippen molar-refractivity contribution >= 4 is 21.9 Å². The average molecular weight is 344 g/mol. The first-order chi connectivity index (χ1) is 9.08. The molecular weight excluding hydrogens is 322 g/mol. The highest BCUT2D eigenvalue weighted by Gasteiger charge is 2.34. The SMILES string of the molecule is COC(=O)c1ccc(CNC(C)(C)C(C)(C)O)c(Br)c1. The van der Waals surface area contributed by atoms with Gasteiger partial charge in [0.1, 0.15) is 0 Å². The Balaban J connectivity index is 2.83. The Hall–Kier alpha value is -0.910. The minimum atomic E-state index is -0.842. The minimum Gasteiger partial charge on any atom is -0.465 e. The van der Waals surface area contributed by atoms with Crippen LogP contribution in [0.5, 0.6) is 0 Å². The molecule has 0 aliphatic heterocycles. The molecule has 0 fully saturated rings. The number of esters is 1. The molecule has 2 N–H and O–H groups in total. The van der Waals surface area contributed by atoms with E-state index in [9.17, 15) is 9.90 Å². The van der Waals surface area contributed by atoms with Crippen molar-refractivity contribution in [2.75, 3.05) is 7.11 Å². The Morgan fingerprint density at radius 1 is 1.35 bits per heavy atom. The molecule has 0 heterocycles. The molecule has 0 aliphatic rings. The van der Waals surface area contributed by atoms with Crippen molar-refractivity contribution in [1.29, 1.82) is 0 Å². The lowest BCUT2D eigenvalue weighted by Crippen LogP contribution is -2.55. The molecular formula is C15H22BrNO3. The molecule has 0 spiro atoms. The van der Waals surface area contributed by atoms with Gasteiger partial charge in [0, 0.05) is 16.6 Å². The van der Waals surface area contributed by atoms with Crippen molar-refractivity contribution in [3.8, 4) is 0 Å². The Labute approximate surface area is 128 Å². The van der Waals surface area contributed by atoms with Crippen LogP contribution >= 0.6 is 15.9 Å². The third-order valence-corrected chi connectivity index (χ3v) is 4.46. The van der Waals surface area contributed by atoms with Gasteiger partial charge in [-0.05, 0) is 45.4 Å². The van der Waals surface area contributed by atoms with Gasteiger partial charge < -0.3 is 15.2 Å². The number of nitrogens with one attached hydrogen (secondary N) is 1. The predicted octanol–water partition coefficient (Wildman–Crippen LogP) is 2.87. The summed E-state index contributed by atoms with van der Waals surface area (Å²) in [6.07, 6.45) is 0. The highest BCUT2D eigenvalue weighted by Crippen LogP contribution is 2.23. The number of hydrogen-bond acceptors (Lipinski definition) is 4. The van der Waals surface area contributed by atoms with Crippen molar-refractivity contribution in [3.05, 3.63) is 33.8 Å². The smallest absolute Gasteiger partial charge is 0.337 e. The van der Waals surface area contributed by atoms with Crippen LogP contribution in [0.1, 0.15) is 43.6 Å². The number of halogens is 1.